The first-order valence-electron chi connectivity index (χ1n) is 9.73. The van der Waals surface area contributed by atoms with Gasteiger partial charge >= 0.3 is 0 Å². The molecule has 2 rings (SSSR count). The van der Waals surface area contributed by atoms with Crippen LogP contribution in [-0.4, -0.2) is 57.4 Å². The van der Waals surface area contributed by atoms with Crippen molar-refractivity contribution in [1.82, 2.24) is 15.5 Å². The summed E-state index contributed by atoms with van der Waals surface area (Å²) in [6.45, 7) is 5.84. The van der Waals surface area contributed by atoms with Gasteiger partial charge in [-0.3, -0.25) is 0 Å². The second-order valence-electron chi connectivity index (χ2n) is 6.77. The smallest absolute Gasteiger partial charge is 0.0431 e. The summed E-state index contributed by atoms with van der Waals surface area (Å²) >= 11 is 0. The molecule has 0 amide bonds. The number of benzene rings is 2. The van der Waals surface area contributed by atoms with E-state index in [0.717, 1.165) is 32.5 Å². The average molecular weight is 360 g/mol. The predicted octanol–water partition coefficient (Wildman–Crippen LogP) is 3.42. The number of hydrogen-bond donors (Lipinski definition) is 3. The van der Waals surface area contributed by atoms with E-state index in [1.807, 2.05) is 14.1 Å². The zero-order chi connectivity index (χ0) is 19.2. The van der Waals surface area contributed by atoms with Crippen LogP contribution in [-0.2, 0) is 0 Å². The summed E-state index contributed by atoms with van der Waals surface area (Å²) in [5.41, 5.74) is 1.37. The van der Waals surface area contributed by atoms with E-state index in [1.165, 1.54) is 22.8 Å². The van der Waals surface area contributed by atoms with Gasteiger partial charge in [-0.05, 0) is 83.3 Å². The Morgan fingerprint density at radius 1 is 0.962 bits per heavy atom. The molecule has 2 aromatic carbocycles. The van der Waals surface area contributed by atoms with Crippen molar-refractivity contribution in [1.29, 1.82) is 0 Å². The summed E-state index contributed by atoms with van der Waals surface area (Å²) in [5, 5.41) is 17.6. The van der Waals surface area contributed by atoms with Gasteiger partial charge in [-0.15, -0.1) is 0 Å². The third-order valence-electron chi connectivity index (χ3n) is 4.64. The highest BCUT2D eigenvalue weighted by atomic mass is 16.2. The van der Waals surface area contributed by atoms with Crippen LogP contribution in [0.1, 0.15) is 37.8 Å². The van der Waals surface area contributed by atoms with Gasteiger partial charge in [0.05, 0.1) is 0 Å². The van der Waals surface area contributed by atoms with Gasteiger partial charge in [0.1, 0.15) is 0 Å². The molecule has 2 aromatic rings. The molecule has 26 heavy (non-hydrogen) atoms. The van der Waals surface area contributed by atoms with E-state index in [-0.39, 0.29) is 0 Å². The van der Waals surface area contributed by atoms with Gasteiger partial charge < -0.3 is 20.6 Å². The molecule has 4 nitrogen and oxygen atoms in total. The van der Waals surface area contributed by atoms with Crippen LogP contribution in [0.25, 0.3) is 10.8 Å². The van der Waals surface area contributed by atoms with Gasteiger partial charge in [-0.2, -0.15) is 0 Å². The second-order valence-corrected chi connectivity index (χ2v) is 6.77. The SMILES string of the molecule is CNC(C)c1cccc2ccccc12.CNCCCN(C)CCCCO. The second kappa shape index (κ2) is 13.7. The van der Waals surface area contributed by atoms with Crippen molar-refractivity contribution < 1.29 is 5.11 Å². The van der Waals surface area contributed by atoms with Gasteiger partial charge in [-0.1, -0.05) is 42.5 Å². The van der Waals surface area contributed by atoms with Gasteiger partial charge in [-0.25, -0.2) is 0 Å². The molecule has 0 saturated carbocycles. The topological polar surface area (TPSA) is 47.5 Å². The lowest BCUT2D eigenvalue weighted by molar-refractivity contribution is 0.262. The van der Waals surface area contributed by atoms with E-state index in [2.05, 4.69) is 72.0 Å². The Morgan fingerprint density at radius 3 is 2.35 bits per heavy atom. The Kier molecular flexibility index (Phi) is 11.9. The van der Waals surface area contributed by atoms with Crippen molar-refractivity contribution in [3.05, 3.63) is 48.0 Å². The fraction of sp³-hybridized carbons (Fsp3) is 0.545. The molecule has 0 aromatic heterocycles. The molecular weight excluding hydrogens is 322 g/mol. The molecule has 0 aliphatic rings. The predicted molar refractivity (Wildman–Crippen MR) is 114 cm³/mol. The minimum absolute atomic E-state index is 0.324. The van der Waals surface area contributed by atoms with Crippen LogP contribution in [0.4, 0.5) is 0 Å². The molecule has 0 bridgehead atoms. The van der Waals surface area contributed by atoms with Crippen molar-refractivity contribution in [3.63, 3.8) is 0 Å². The van der Waals surface area contributed by atoms with Crippen molar-refractivity contribution in [3.8, 4) is 0 Å². The van der Waals surface area contributed by atoms with Crippen molar-refractivity contribution >= 4 is 10.8 Å². The maximum absolute atomic E-state index is 8.56. The summed E-state index contributed by atoms with van der Waals surface area (Å²) in [5.74, 6) is 0. The number of hydrogen-bond acceptors (Lipinski definition) is 4. The Morgan fingerprint density at radius 2 is 1.65 bits per heavy atom. The zero-order valence-electron chi connectivity index (χ0n) is 17.0. The Balaban J connectivity index is 0.000000265. The monoisotopic (exact) mass is 359 g/mol. The lowest BCUT2D eigenvalue weighted by Crippen LogP contribution is -2.23. The highest BCUT2D eigenvalue weighted by Gasteiger charge is 2.05. The third-order valence-corrected chi connectivity index (χ3v) is 4.64. The van der Waals surface area contributed by atoms with E-state index >= 15 is 0 Å². The van der Waals surface area contributed by atoms with E-state index in [4.69, 9.17) is 5.11 Å². The largest absolute Gasteiger partial charge is 0.396 e. The number of aliphatic hydroxyl groups is 1. The Labute approximate surface area is 159 Å². The zero-order valence-corrected chi connectivity index (χ0v) is 17.0. The molecule has 146 valence electrons. The van der Waals surface area contributed by atoms with E-state index in [1.54, 1.807) is 0 Å². The maximum atomic E-state index is 8.56. The number of fused-ring (bicyclic) bond motifs is 1. The molecule has 0 aliphatic heterocycles. The standard InChI is InChI=1S/C13H15N.C9H22N2O/c1-10(14-2)12-9-5-7-11-6-3-4-8-13(11)12;1-10-6-5-8-11(2)7-3-4-9-12/h3-10,14H,1-2H3;10,12H,3-9H2,1-2H3. The molecule has 0 heterocycles. The molecule has 0 spiro atoms. The molecular formula is C22H37N3O. The number of unbranched alkanes of at least 4 members (excludes halogenated alkanes) is 1. The summed E-state index contributed by atoms with van der Waals surface area (Å²) in [6.07, 6.45) is 3.23. The number of nitrogens with one attached hydrogen (secondary N) is 2. The first-order chi connectivity index (χ1) is 12.6. The minimum Gasteiger partial charge on any atom is -0.396 e. The lowest BCUT2D eigenvalue weighted by atomic mass is 10.00. The van der Waals surface area contributed by atoms with E-state index < -0.39 is 0 Å². The first-order valence-corrected chi connectivity index (χ1v) is 9.73. The molecule has 0 aliphatic carbocycles. The molecule has 1 unspecified atom stereocenters. The molecule has 4 heteroatoms. The third kappa shape index (κ3) is 8.28. The highest BCUT2D eigenvalue weighted by molar-refractivity contribution is 5.86. The van der Waals surface area contributed by atoms with Crippen LogP contribution < -0.4 is 10.6 Å². The number of rotatable bonds is 10. The molecule has 3 N–H and O–H groups in total. The van der Waals surface area contributed by atoms with Crippen LogP contribution >= 0.6 is 0 Å². The lowest BCUT2D eigenvalue weighted by Gasteiger charge is -2.15. The minimum atomic E-state index is 0.324. The fourth-order valence-corrected chi connectivity index (χ4v) is 2.91. The van der Waals surface area contributed by atoms with Gasteiger partial charge in [0, 0.05) is 12.6 Å². The first kappa shape index (κ1) is 22.6. The van der Waals surface area contributed by atoms with Gasteiger partial charge in [0.2, 0.25) is 0 Å². The maximum Gasteiger partial charge on any atom is 0.0431 e. The highest BCUT2D eigenvalue weighted by Crippen LogP contribution is 2.23. The van der Waals surface area contributed by atoms with Crippen LogP contribution in [0, 0.1) is 0 Å². The van der Waals surface area contributed by atoms with Crippen LogP contribution in [0.15, 0.2) is 42.5 Å². The number of aliphatic hydroxyl groups excluding tert-OH is 1. The average Bonchev–Trinajstić information content (AvgIpc) is 2.68. The van der Waals surface area contributed by atoms with E-state index in [9.17, 15) is 0 Å². The van der Waals surface area contributed by atoms with E-state index in [0.29, 0.717) is 12.6 Å². The molecule has 1 atom stereocenters. The number of nitrogens with zero attached hydrogens (tertiary/aromatic N) is 1. The summed E-state index contributed by atoms with van der Waals surface area (Å²) < 4.78 is 0. The molecule has 0 radical (unpaired) electrons. The van der Waals surface area contributed by atoms with Crippen LogP contribution in [0.2, 0.25) is 0 Å². The summed E-state index contributed by atoms with van der Waals surface area (Å²) in [6, 6.07) is 15.4. The normalized spacial score (nSPS) is 12.1. The summed E-state index contributed by atoms with van der Waals surface area (Å²) in [4.78, 5) is 2.31. The van der Waals surface area contributed by atoms with Crippen LogP contribution in [0.3, 0.4) is 0 Å². The Hall–Kier alpha value is -1.46. The van der Waals surface area contributed by atoms with Crippen molar-refractivity contribution in [2.24, 2.45) is 0 Å². The van der Waals surface area contributed by atoms with Crippen molar-refractivity contribution in [2.75, 3.05) is 47.4 Å². The Bertz CT molecular complexity index is 587. The molecule has 0 saturated heterocycles. The molecule has 0 fully saturated rings. The van der Waals surface area contributed by atoms with Crippen LogP contribution in [0.5, 0.6) is 0 Å². The summed E-state index contributed by atoms with van der Waals surface area (Å²) in [7, 11) is 6.10. The van der Waals surface area contributed by atoms with Gasteiger partial charge in [0.15, 0.2) is 0 Å². The van der Waals surface area contributed by atoms with Gasteiger partial charge in [0.25, 0.3) is 0 Å². The fourth-order valence-electron chi connectivity index (χ4n) is 2.91. The quantitative estimate of drug-likeness (QED) is 0.569. The van der Waals surface area contributed by atoms with Crippen molar-refractivity contribution in [2.45, 2.75) is 32.2 Å².